The molecule has 2 unspecified atom stereocenters. The molecule has 0 bridgehead atoms. The number of amides is 1. The van der Waals surface area contributed by atoms with Gasteiger partial charge in [-0.05, 0) is 56.8 Å². The van der Waals surface area contributed by atoms with Gasteiger partial charge in [0.1, 0.15) is 0 Å². The number of anilines is 1. The van der Waals surface area contributed by atoms with Crippen molar-refractivity contribution in [2.75, 3.05) is 11.9 Å². The number of nitrogens with zero attached hydrogens (tertiary/aromatic N) is 1. The van der Waals surface area contributed by atoms with E-state index in [1.165, 1.54) is 10.4 Å². The largest absolute Gasteiger partial charge is 0.325 e. The maximum absolute atomic E-state index is 12.6. The smallest absolute Gasteiger partial charge is 0.241 e. The van der Waals surface area contributed by atoms with Crippen LogP contribution >= 0.6 is 11.3 Å². The summed E-state index contributed by atoms with van der Waals surface area (Å²) >= 11 is 1.79. The van der Waals surface area contributed by atoms with E-state index in [1.807, 2.05) is 38.1 Å². The Morgan fingerprint density at radius 2 is 2.09 bits per heavy atom. The van der Waals surface area contributed by atoms with Crippen molar-refractivity contribution in [3.8, 4) is 0 Å². The Morgan fingerprint density at radius 1 is 1.32 bits per heavy atom. The Labute approximate surface area is 136 Å². The van der Waals surface area contributed by atoms with Crippen LogP contribution in [0.15, 0.2) is 41.8 Å². The van der Waals surface area contributed by atoms with E-state index in [1.54, 1.807) is 11.3 Å². The zero-order valence-corrected chi connectivity index (χ0v) is 13.9. The van der Waals surface area contributed by atoms with Crippen molar-refractivity contribution in [3.05, 3.63) is 52.2 Å². The van der Waals surface area contributed by atoms with Gasteiger partial charge in [0.15, 0.2) is 0 Å². The molecule has 2 atom stereocenters. The standard InChI is InChI=1S/C18H22N2OS/c1-13-7-9-15(10-8-13)19-18(21)14(2)20-11-3-5-16(20)17-6-4-12-22-17/h4,6-10,12,14,16H,3,5,11H2,1-2H3,(H,19,21). The zero-order valence-electron chi connectivity index (χ0n) is 13.1. The van der Waals surface area contributed by atoms with Gasteiger partial charge < -0.3 is 5.32 Å². The maximum Gasteiger partial charge on any atom is 0.241 e. The molecule has 0 saturated carbocycles. The lowest BCUT2D eigenvalue weighted by Gasteiger charge is -2.29. The van der Waals surface area contributed by atoms with Gasteiger partial charge in [-0.25, -0.2) is 0 Å². The molecule has 2 aromatic rings. The van der Waals surface area contributed by atoms with E-state index in [9.17, 15) is 4.79 Å². The summed E-state index contributed by atoms with van der Waals surface area (Å²) in [4.78, 5) is 16.2. The molecule has 1 amide bonds. The summed E-state index contributed by atoms with van der Waals surface area (Å²) in [6.45, 7) is 5.05. The van der Waals surface area contributed by atoms with E-state index in [4.69, 9.17) is 0 Å². The lowest BCUT2D eigenvalue weighted by molar-refractivity contribution is -0.121. The van der Waals surface area contributed by atoms with Gasteiger partial charge in [0.2, 0.25) is 5.91 Å². The van der Waals surface area contributed by atoms with E-state index >= 15 is 0 Å². The van der Waals surface area contributed by atoms with Crippen LogP contribution < -0.4 is 5.32 Å². The lowest BCUT2D eigenvalue weighted by Crippen LogP contribution is -2.41. The van der Waals surface area contributed by atoms with Crippen LogP contribution in [-0.4, -0.2) is 23.4 Å². The van der Waals surface area contributed by atoms with Crippen molar-refractivity contribution in [2.45, 2.75) is 38.8 Å². The summed E-state index contributed by atoms with van der Waals surface area (Å²) in [6, 6.07) is 12.5. The normalized spacial score (nSPS) is 20.0. The molecule has 2 heterocycles. The van der Waals surface area contributed by atoms with E-state index in [-0.39, 0.29) is 11.9 Å². The van der Waals surface area contributed by atoms with Crippen LogP contribution in [0.5, 0.6) is 0 Å². The highest BCUT2D eigenvalue weighted by Gasteiger charge is 2.33. The summed E-state index contributed by atoms with van der Waals surface area (Å²) < 4.78 is 0. The number of thiophene rings is 1. The van der Waals surface area contributed by atoms with Gasteiger partial charge in [0, 0.05) is 16.6 Å². The molecule has 1 aromatic heterocycles. The first kappa shape index (κ1) is 15.3. The number of rotatable bonds is 4. The molecular weight excluding hydrogens is 292 g/mol. The Kier molecular flexibility index (Phi) is 4.60. The Bertz CT molecular complexity index is 621. The summed E-state index contributed by atoms with van der Waals surface area (Å²) in [5.41, 5.74) is 2.07. The van der Waals surface area contributed by atoms with Crippen LogP contribution in [0.2, 0.25) is 0 Å². The van der Waals surface area contributed by atoms with E-state index in [0.29, 0.717) is 6.04 Å². The zero-order chi connectivity index (χ0) is 15.5. The first-order valence-corrected chi connectivity index (χ1v) is 8.70. The molecule has 1 aliphatic heterocycles. The molecule has 0 radical (unpaired) electrons. The van der Waals surface area contributed by atoms with Crippen molar-refractivity contribution in [2.24, 2.45) is 0 Å². The van der Waals surface area contributed by atoms with E-state index < -0.39 is 0 Å². The Morgan fingerprint density at radius 3 is 2.77 bits per heavy atom. The van der Waals surface area contributed by atoms with Gasteiger partial charge in [0.05, 0.1) is 6.04 Å². The minimum atomic E-state index is -0.115. The van der Waals surface area contributed by atoms with Crippen molar-refractivity contribution < 1.29 is 4.79 Å². The second-order valence-corrected chi connectivity index (χ2v) is 6.92. The molecular formula is C18H22N2OS. The third-order valence-electron chi connectivity index (χ3n) is 4.36. The number of carbonyl (C=O) groups excluding carboxylic acids is 1. The number of hydrogen-bond acceptors (Lipinski definition) is 3. The minimum Gasteiger partial charge on any atom is -0.325 e. The lowest BCUT2D eigenvalue weighted by atomic mass is 10.1. The number of carbonyl (C=O) groups is 1. The molecule has 1 aliphatic rings. The van der Waals surface area contributed by atoms with Crippen LogP contribution in [0, 0.1) is 6.92 Å². The van der Waals surface area contributed by atoms with Gasteiger partial charge >= 0.3 is 0 Å². The summed E-state index contributed by atoms with van der Waals surface area (Å²) in [5, 5.41) is 5.15. The predicted octanol–water partition coefficient (Wildman–Crippen LogP) is 4.22. The minimum absolute atomic E-state index is 0.0762. The third kappa shape index (κ3) is 3.23. The molecule has 1 aromatic carbocycles. The van der Waals surface area contributed by atoms with Crippen molar-refractivity contribution in [1.82, 2.24) is 4.90 Å². The molecule has 22 heavy (non-hydrogen) atoms. The number of benzene rings is 1. The maximum atomic E-state index is 12.6. The highest BCUT2D eigenvalue weighted by atomic mass is 32.1. The van der Waals surface area contributed by atoms with Gasteiger partial charge in [-0.3, -0.25) is 9.69 Å². The van der Waals surface area contributed by atoms with Gasteiger partial charge in [-0.1, -0.05) is 23.8 Å². The van der Waals surface area contributed by atoms with Crippen LogP contribution in [0.4, 0.5) is 5.69 Å². The van der Waals surface area contributed by atoms with Crippen molar-refractivity contribution in [3.63, 3.8) is 0 Å². The molecule has 0 spiro atoms. The first-order chi connectivity index (χ1) is 10.6. The fourth-order valence-corrected chi connectivity index (χ4v) is 3.95. The summed E-state index contributed by atoms with van der Waals surface area (Å²) in [7, 11) is 0. The van der Waals surface area contributed by atoms with Gasteiger partial charge in [-0.15, -0.1) is 11.3 Å². The van der Waals surface area contributed by atoms with Crippen LogP contribution in [0.1, 0.15) is 36.2 Å². The molecule has 4 heteroatoms. The molecule has 3 rings (SSSR count). The number of aryl methyl sites for hydroxylation is 1. The van der Waals surface area contributed by atoms with Gasteiger partial charge in [-0.2, -0.15) is 0 Å². The van der Waals surface area contributed by atoms with E-state index in [0.717, 1.165) is 25.1 Å². The Hall–Kier alpha value is -1.65. The SMILES string of the molecule is Cc1ccc(NC(=O)C(C)N2CCCC2c2cccs2)cc1. The number of nitrogens with one attached hydrogen (secondary N) is 1. The second kappa shape index (κ2) is 6.63. The first-order valence-electron chi connectivity index (χ1n) is 7.82. The van der Waals surface area contributed by atoms with Crippen LogP contribution in [0.3, 0.4) is 0 Å². The highest BCUT2D eigenvalue weighted by molar-refractivity contribution is 7.10. The van der Waals surface area contributed by atoms with Crippen molar-refractivity contribution in [1.29, 1.82) is 0 Å². The molecule has 1 N–H and O–H groups in total. The fourth-order valence-electron chi connectivity index (χ4n) is 3.07. The molecule has 1 fully saturated rings. The molecule has 116 valence electrons. The number of hydrogen-bond donors (Lipinski definition) is 1. The Balaban J connectivity index is 1.68. The summed E-state index contributed by atoms with van der Waals surface area (Å²) in [5.74, 6) is 0.0762. The summed E-state index contributed by atoms with van der Waals surface area (Å²) in [6.07, 6.45) is 2.30. The van der Waals surface area contributed by atoms with Crippen molar-refractivity contribution >= 4 is 22.9 Å². The average molecular weight is 314 g/mol. The van der Waals surface area contributed by atoms with Crippen LogP contribution in [-0.2, 0) is 4.79 Å². The fraction of sp³-hybridized carbons (Fsp3) is 0.389. The quantitative estimate of drug-likeness (QED) is 0.916. The molecule has 1 saturated heterocycles. The topological polar surface area (TPSA) is 32.3 Å². The van der Waals surface area contributed by atoms with Crippen LogP contribution in [0.25, 0.3) is 0 Å². The van der Waals surface area contributed by atoms with Gasteiger partial charge in [0.25, 0.3) is 0 Å². The monoisotopic (exact) mass is 314 g/mol. The number of likely N-dealkylation sites (tertiary alicyclic amines) is 1. The average Bonchev–Trinajstić information content (AvgIpc) is 3.19. The highest BCUT2D eigenvalue weighted by Crippen LogP contribution is 2.36. The molecule has 0 aliphatic carbocycles. The molecule has 3 nitrogen and oxygen atoms in total. The van der Waals surface area contributed by atoms with E-state index in [2.05, 4.69) is 27.7 Å². The predicted molar refractivity (Wildman–Crippen MR) is 92.3 cm³/mol. The third-order valence-corrected chi connectivity index (χ3v) is 5.34. The second-order valence-electron chi connectivity index (χ2n) is 5.94.